The van der Waals surface area contributed by atoms with Crippen LogP contribution in [-0.4, -0.2) is 54.8 Å². The number of H-pyrrole nitrogens is 1. The number of nitrogens with one attached hydrogen (secondary N) is 2. The van der Waals surface area contributed by atoms with Crippen molar-refractivity contribution in [2.75, 3.05) is 25.5 Å². The molecule has 1 heterocycles. The Morgan fingerprint density at radius 2 is 1.62 bits per heavy atom. The summed E-state index contributed by atoms with van der Waals surface area (Å²) in [5.41, 5.74) is 7.09. The predicted molar refractivity (Wildman–Crippen MR) is 162 cm³/mol. The van der Waals surface area contributed by atoms with Gasteiger partial charge in [-0.05, 0) is 108 Å². The number of hydrogen-bond acceptors (Lipinski definition) is 5. The molecule has 40 heavy (non-hydrogen) atoms. The molecule has 1 aliphatic rings. The number of nitrogens with zero attached hydrogens (tertiary/aromatic N) is 2. The lowest BCUT2D eigenvalue weighted by Crippen LogP contribution is -2.42. The van der Waals surface area contributed by atoms with Crippen LogP contribution < -0.4 is 15.8 Å². The number of aromatic nitrogens is 1. The molecule has 7 heteroatoms. The molecule has 0 bridgehead atoms. The maximum Gasteiger partial charge on any atom is 0.253 e. The third kappa shape index (κ3) is 6.36. The lowest BCUT2D eigenvalue weighted by atomic mass is 9.88. The van der Waals surface area contributed by atoms with Gasteiger partial charge in [0.1, 0.15) is 6.29 Å². The molecule has 0 unspecified atom stereocenters. The molecule has 1 aliphatic carbocycles. The topological polar surface area (TPSA) is 85.5 Å². The van der Waals surface area contributed by atoms with Crippen molar-refractivity contribution in [3.8, 4) is 11.1 Å². The second-order valence-electron chi connectivity index (χ2n) is 11.2. The smallest absolute Gasteiger partial charge is 0.253 e. The molecule has 0 spiro atoms. The van der Waals surface area contributed by atoms with Gasteiger partial charge in [-0.3, -0.25) is 14.4 Å². The van der Waals surface area contributed by atoms with Gasteiger partial charge in [0, 0.05) is 53.2 Å². The van der Waals surface area contributed by atoms with Crippen LogP contribution in [0.1, 0.15) is 75.7 Å². The van der Waals surface area contributed by atoms with Gasteiger partial charge in [0.25, 0.3) is 11.5 Å². The average Bonchev–Trinajstić information content (AvgIpc) is 2.94. The maximum absolute atomic E-state index is 13.7. The highest BCUT2D eigenvalue weighted by Crippen LogP contribution is 2.35. The molecule has 4 rings (SSSR count). The molecule has 3 aromatic rings. The summed E-state index contributed by atoms with van der Waals surface area (Å²) in [5.74, 6) is -0.211. The Bertz CT molecular complexity index is 1420. The van der Waals surface area contributed by atoms with Crippen LogP contribution in [0.5, 0.6) is 0 Å². The van der Waals surface area contributed by atoms with E-state index in [-0.39, 0.29) is 18.0 Å². The summed E-state index contributed by atoms with van der Waals surface area (Å²) < 4.78 is 0. The zero-order valence-electron chi connectivity index (χ0n) is 24.6. The van der Waals surface area contributed by atoms with E-state index in [0.717, 1.165) is 72.1 Å². The highest BCUT2D eigenvalue weighted by Gasteiger charge is 2.28. The number of hydrogen-bond donors (Lipinski definition) is 2. The van der Waals surface area contributed by atoms with Crippen molar-refractivity contribution < 1.29 is 9.59 Å². The lowest BCUT2D eigenvalue weighted by Gasteiger charge is -2.40. The van der Waals surface area contributed by atoms with Crippen LogP contribution in [0.3, 0.4) is 0 Å². The summed E-state index contributed by atoms with van der Waals surface area (Å²) in [6, 6.07) is 14.5. The number of aromatic amines is 1. The van der Waals surface area contributed by atoms with Crippen LogP contribution in [0.15, 0.2) is 47.3 Å². The minimum Gasteiger partial charge on any atom is -0.369 e. The monoisotopic (exact) mass is 542 g/mol. The van der Waals surface area contributed by atoms with Gasteiger partial charge in [-0.2, -0.15) is 0 Å². The van der Waals surface area contributed by atoms with E-state index in [2.05, 4.69) is 47.2 Å². The maximum atomic E-state index is 13.7. The number of amides is 1. The number of rotatable bonds is 9. The number of aldehydes is 1. The number of carbonyl (C=O) groups excluding carboxylic acids is 2. The van der Waals surface area contributed by atoms with Gasteiger partial charge in [0.2, 0.25) is 0 Å². The van der Waals surface area contributed by atoms with E-state index in [9.17, 15) is 14.4 Å². The first-order valence-corrected chi connectivity index (χ1v) is 14.2. The highest BCUT2D eigenvalue weighted by molar-refractivity contribution is 5.99. The van der Waals surface area contributed by atoms with E-state index >= 15 is 0 Å². The largest absolute Gasteiger partial charge is 0.369 e. The summed E-state index contributed by atoms with van der Waals surface area (Å²) in [5, 5.41) is 3.01. The van der Waals surface area contributed by atoms with E-state index < -0.39 is 0 Å². The Kier molecular flexibility index (Phi) is 9.25. The SMILES string of the molecule is CCN(c1cc(-c2ccc(C=O)cc2)cc(C(=O)NCc2c(C)cc(C)[nH]c2=O)c1C)[C@H]1CC[C@H](N(C)C)CC1. The van der Waals surface area contributed by atoms with Crippen molar-refractivity contribution in [2.24, 2.45) is 0 Å². The van der Waals surface area contributed by atoms with Crippen LogP contribution in [0, 0.1) is 20.8 Å². The van der Waals surface area contributed by atoms with Crippen molar-refractivity contribution in [1.82, 2.24) is 15.2 Å². The first kappa shape index (κ1) is 29.3. The molecule has 0 aliphatic heterocycles. The second kappa shape index (κ2) is 12.6. The van der Waals surface area contributed by atoms with E-state index in [1.54, 1.807) is 12.1 Å². The Hall–Kier alpha value is -3.71. The molecular formula is C33H42N4O3. The molecule has 7 nitrogen and oxygen atoms in total. The molecule has 1 fully saturated rings. The van der Waals surface area contributed by atoms with Crippen molar-refractivity contribution in [3.05, 3.63) is 86.3 Å². The first-order valence-electron chi connectivity index (χ1n) is 14.2. The standard InChI is InChI=1S/C33H42N4O3/c1-7-37(28-14-12-27(13-15-28)36(5)6)31-18-26(25-10-8-24(20-38)9-11-25)17-29(23(31)4)32(39)34-19-30-21(2)16-22(3)35-33(30)40/h8-11,16-18,20,27-28H,7,12-15,19H2,1-6H3,(H,34,39)(H,35,40)/t27-,28-. The summed E-state index contributed by atoms with van der Waals surface area (Å²) in [7, 11) is 4.31. The zero-order chi connectivity index (χ0) is 29.0. The second-order valence-corrected chi connectivity index (χ2v) is 11.2. The van der Waals surface area contributed by atoms with Gasteiger partial charge in [-0.1, -0.05) is 24.3 Å². The molecule has 2 N–H and O–H groups in total. The molecule has 0 radical (unpaired) electrons. The minimum atomic E-state index is -0.211. The van der Waals surface area contributed by atoms with Gasteiger partial charge in [-0.25, -0.2) is 0 Å². The van der Waals surface area contributed by atoms with Crippen LogP contribution in [0.4, 0.5) is 5.69 Å². The number of pyridine rings is 1. The van der Waals surface area contributed by atoms with Gasteiger partial charge >= 0.3 is 0 Å². The van der Waals surface area contributed by atoms with Crippen LogP contribution >= 0.6 is 0 Å². The molecule has 2 aromatic carbocycles. The summed E-state index contributed by atoms with van der Waals surface area (Å²) in [4.78, 5) is 45.1. The summed E-state index contributed by atoms with van der Waals surface area (Å²) in [6.07, 6.45) is 5.34. The fourth-order valence-corrected chi connectivity index (χ4v) is 6.03. The molecule has 0 saturated heterocycles. The predicted octanol–water partition coefficient (Wildman–Crippen LogP) is 5.41. The third-order valence-electron chi connectivity index (χ3n) is 8.41. The van der Waals surface area contributed by atoms with Gasteiger partial charge in [0.05, 0.1) is 0 Å². The first-order chi connectivity index (χ1) is 19.1. The number of aryl methyl sites for hydroxylation is 2. The van der Waals surface area contributed by atoms with Gasteiger partial charge in [-0.15, -0.1) is 0 Å². The van der Waals surface area contributed by atoms with E-state index in [1.807, 2.05) is 45.0 Å². The van der Waals surface area contributed by atoms with Crippen LogP contribution in [0.2, 0.25) is 0 Å². The van der Waals surface area contributed by atoms with Crippen molar-refractivity contribution in [3.63, 3.8) is 0 Å². The fourth-order valence-electron chi connectivity index (χ4n) is 6.03. The van der Waals surface area contributed by atoms with Gasteiger partial charge in [0.15, 0.2) is 0 Å². The Morgan fingerprint density at radius 1 is 0.975 bits per heavy atom. The molecule has 212 valence electrons. The number of carbonyl (C=O) groups is 2. The van der Waals surface area contributed by atoms with Crippen molar-refractivity contribution >= 4 is 17.9 Å². The van der Waals surface area contributed by atoms with Crippen LogP contribution in [0.25, 0.3) is 11.1 Å². The Balaban J connectivity index is 1.71. The molecule has 1 saturated carbocycles. The molecule has 1 amide bonds. The Morgan fingerprint density at radius 3 is 2.20 bits per heavy atom. The Labute approximate surface area is 237 Å². The lowest BCUT2D eigenvalue weighted by molar-refractivity contribution is 0.0950. The number of anilines is 1. The van der Waals surface area contributed by atoms with Crippen LogP contribution in [-0.2, 0) is 6.54 Å². The molecule has 0 atom stereocenters. The van der Waals surface area contributed by atoms with Crippen molar-refractivity contribution in [1.29, 1.82) is 0 Å². The summed E-state index contributed by atoms with van der Waals surface area (Å²) >= 11 is 0. The van der Waals surface area contributed by atoms with E-state index in [0.29, 0.717) is 28.8 Å². The molecule has 1 aromatic heterocycles. The average molecular weight is 543 g/mol. The third-order valence-corrected chi connectivity index (χ3v) is 8.41. The highest BCUT2D eigenvalue weighted by atomic mass is 16.2. The minimum absolute atomic E-state index is 0.152. The van der Waals surface area contributed by atoms with E-state index in [4.69, 9.17) is 0 Å². The quantitative estimate of drug-likeness (QED) is 0.353. The fraction of sp³-hybridized carbons (Fsp3) is 0.424. The van der Waals surface area contributed by atoms with E-state index in [1.165, 1.54) is 0 Å². The summed E-state index contributed by atoms with van der Waals surface area (Å²) in [6.45, 7) is 8.92. The molecular weight excluding hydrogens is 500 g/mol. The van der Waals surface area contributed by atoms with Gasteiger partial charge < -0.3 is 20.1 Å². The number of benzene rings is 2. The van der Waals surface area contributed by atoms with Crippen molar-refractivity contribution in [2.45, 2.75) is 72.0 Å². The zero-order valence-corrected chi connectivity index (χ0v) is 24.6. The normalized spacial score (nSPS) is 17.1.